The van der Waals surface area contributed by atoms with Crippen molar-refractivity contribution in [2.24, 2.45) is 0 Å². The van der Waals surface area contributed by atoms with Crippen LogP contribution in [0.3, 0.4) is 0 Å². The molecule has 1 aromatic carbocycles. The van der Waals surface area contributed by atoms with Gasteiger partial charge in [-0.05, 0) is 12.1 Å². The number of aromatic nitrogens is 2. The van der Waals surface area contributed by atoms with Gasteiger partial charge in [0.15, 0.2) is 5.82 Å². The van der Waals surface area contributed by atoms with Gasteiger partial charge in [-0.3, -0.25) is 0 Å². The van der Waals surface area contributed by atoms with Crippen molar-refractivity contribution in [2.45, 2.75) is 6.43 Å². The summed E-state index contributed by atoms with van der Waals surface area (Å²) in [7, 11) is 1.64. The van der Waals surface area contributed by atoms with Crippen LogP contribution in [0, 0.1) is 0 Å². The molecule has 0 unspecified atom stereocenters. The number of anilines is 1. The first kappa shape index (κ1) is 12.6. The van der Waals surface area contributed by atoms with Crippen molar-refractivity contribution < 1.29 is 8.78 Å². The minimum atomic E-state index is -2.65. The number of para-hydroxylation sites is 1. The monoisotopic (exact) mass is 245 g/mol. The molecule has 16 heavy (non-hydrogen) atoms. The van der Waals surface area contributed by atoms with Gasteiger partial charge in [0.2, 0.25) is 0 Å². The molecule has 0 saturated heterocycles. The molecule has 86 valence electrons. The molecule has 2 aromatic rings. The molecule has 0 aliphatic carbocycles. The van der Waals surface area contributed by atoms with Crippen molar-refractivity contribution in [1.82, 2.24) is 9.97 Å². The molecule has 0 bridgehead atoms. The first-order valence-corrected chi connectivity index (χ1v) is 4.45. The summed E-state index contributed by atoms with van der Waals surface area (Å²) in [4.78, 5) is 7.53. The maximum absolute atomic E-state index is 12.5. The van der Waals surface area contributed by atoms with Crippen LogP contribution < -0.4 is 5.32 Å². The zero-order valence-corrected chi connectivity index (χ0v) is 9.26. The van der Waals surface area contributed by atoms with Gasteiger partial charge >= 0.3 is 0 Å². The smallest absolute Gasteiger partial charge is 0.297 e. The Labute approximate surface area is 97.3 Å². The zero-order chi connectivity index (χ0) is 10.8. The maximum Gasteiger partial charge on any atom is 0.297 e. The van der Waals surface area contributed by atoms with E-state index >= 15 is 0 Å². The summed E-state index contributed by atoms with van der Waals surface area (Å²) >= 11 is 0. The van der Waals surface area contributed by atoms with Gasteiger partial charge in [0.25, 0.3) is 6.43 Å². The van der Waals surface area contributed by atoms with E-state index in [0.717, 1.165) is 5.39 Å². The van der Waals surface area contributed by atoms with Gasteiger partial charge in [-0.1, -0.05) is 12.1 Å². The molecule has 0 fully saturated rings. The summed E-state index contributed by atoms with van der Waals surface area (Å²) < 4.78 is 24.9. The Kier molecular flexibility index (Phi) is 3.95. The predicted molar refractivity (Wildman–Crippen MR) is 61.3 cm³/mol. The number of halogens is 3. The van der Waals surface area contributed by atoms with Crippen molar-refractivity contribution in [1.29, 1.82) is 0 Å². The highest BCUT2D eigenvalue weighted by Crippen LogP contribution is 2.23. The van der Waals surface area contributed by atoms with Crippen molar-refractivity contribution in [3.8, 4) is 0 Å². The summed E-state index contributed by atoms with van der Waals surface area (Å²) in [5.74, 6) is -0.0195. The lowest BCUT2D eigenvalue weighted by atomic mass is 10.2. The number of nitrogens with zero attached hydrogens (tertiary/aromatic N) is 2. The molecule has 0 aliphatic heterocycles. The Hall–Kier alpha value is -1.49. The van der Waals surface area contributed by atoms with Gasteiger partial charge < -0.3 is 5.32 Å². The highest BCUT2D eigenvalue weighted by Gasteiger charge is 2.13. The fourth-order valence-electron chi connectivity index (χ4n) is 1.38. The fraction of sp³-hybridized carbons (Fsp3) is 0.200. The van der Waals surface area contributed by atoms with Crippen LogP contribution in [-0.2, 0) is 0 Å². The van der Waals surface area contributed by atoms with Crippen molar-refractivity contribution in [2.75, 3.05) is 12.4 Å². The van der Waals surface area contributed by atoms with Crippen LogP contribution in [0.1, 0.15) is 12.2 Å². The average Bonchev–Trinajstić information content (AvgIpc) is 2.27. The molecule has 2 rings (SSSR count). The first-order chi connectivity index (χ1) is 7.22. The van der Waals surface area contributed by atoms with Crippen LogP contribution in [-0.4, -0.2) is 17.0 Å². The Morgan fingerprint density at radius 1 is 1.19 bits per heavy atom. The van der Waals surface area contributed by atoms with E-state index in [1.54, 1.807) is 25.2 Å². The van der Waals surface area contributed by atoms with E-state index in [2.05, 4.69) is 15.3 Å². The Morgan fingerprint density at radius 2 is 1.88 bits per heavy atom. The van der Waals surface area contributed by atoms with E-state index in [4.69, 9.17) is 0 Å². The molecule has 0 aliphatic rings. The topological polar surface area (TPSA) is 37.8 Å². The summed E-state index contributed by atoms with van der Waals surface area (Å²) in [5, 5.41) is 3.52. The minimum absolute atomic E-state index is 0. The van der Waals surface area contributed by atoms with Crippen molar-refractivity contribution in [3.63, 3.8) is 0 Å². The second-order valence-electron chi connectivity index (χ2n) is 3.00. The molecule has 1 heterocycles. The third kappa shape index (κ3) is 2.19. The fourth-order valence-corrected chi connectivity index (χ4v) is 1.38. The summed E-state index contributed by atoms with van der Waals surface area (Å²) in [5.41, 5.74) is 0.521. The summed E-state index contributed by atoms with van der Waals surface area (Å²) in [6, 6.07) is 7.04. The molecule has 6 heteroatoms. The minimum Gasteiger partial charge on any atom is -0.373 e. The molecule has 1 aromatic heterocycles. The molecule has 0 atom stereocenters. The highest BCUT2D eigenvalue weighted by atomic mass is 35.5. The molecular weight excluding hydrogens is 236 g/mol. The van der Waals surface area contributed by atoms with Crippen molar-refractivity contribution >= 4 is 29.1 Å². The van der Waals surface area contributed by atoms with Crippen LogP contribution in [0.15, 0.2) is 24.3 Å². The summed E-state index contributed by atoms with van der Waals surface area (Å²) in [6.45, 7) is 0. The number of alkyl halides is 2. The maximum atomic E-state index is 12.5. The van der Waals surface area contributed by atoms with Crippen LogP contribution in [0.5, 0.6) is 0 Å². The van der Waals surface area contributed by atoms with Crippen molar-refractivity contribution in [3.05, 3.63) is 30.1 Å². The van der Waals surface area contributed by atoms with E-state index in [1.165, 1.54) is 0 Å². The van der Waals surface area contributed by atoms with Gasteiger partial charge in [0.1, 0.15) is 5.82 Å². The van der Waals surface area contributed by atoms with Gasteiger partial charge in [0.05, 0.1) is 5.52 Å². The Balaban J connectivity index is 0.00000128. The van der Waals surface area contributed by atoms with Crippen LogP contribution in [0.25, 0.3) is 10.9 Å². The lowest BCUT2D eigenvalue weighted by molar-refractivity contribution is 0.141. The van der Waals surface area contributed by atoms with E-state index < -0.39 is 12.2 Å². The second kappa shape index (κ2) is 5.03. The molecule has 0 saturated carbocycles. The Bertz CT molecular complexity index is 490. The molecule has 1 N–H and O–H groups in total. The largest absolute Gasteiger partial charge is 0.373 e. The third-order valence-corrected chi connectivity index (χ3v) is 2.05. The molecule has 0 spiro atoms. The molecule has 0 radical (unpaired) electrons. The number of nitrogens with one attached hydrogen (secondary N) is 1. The number of fused-ring (bicyclic) bond motifs is 1. The van der Waals surface area contributed by atoms with Gasteiger partial charge in [0, 0.05) is 12.4 Å². The van der Waals surface area contributed by atoms with Crippen LogP contribution in [0.2, 0.25) is 0 Å². The zero-order valence-electron chi connectivity index (χ0n) is 8.45. The van der Waals surface area contributed by atoms with E-state index in [9.17, 15) is 8.78 Å². The average molecular weight is 246 g/mol. The summed E-state index contributed by atoms with van der Waals surface area (Å²) in [6.07, 6.45) is -2.65. The van der Waals surface area contributed by atoms with Gasteiger partial charge in [-0.25, -0.2) is 18.7 Å². The number of hydrogen-bond donors (Lipinski definition) is 1. The van der Waals surface area contributed by atoms with Crippen LogP contribution >= 0.6 is 12.4 Å². The standard InChI is InChI=1S/C10H9F2N3.ClH/c1-13-9-6-4-2-3-5-7(6)14-10(15-9)8(11)12;/h2-5,8H,1H3,(H,13,14,15);1H. The predicted octanol–water partition coefficient (Wildman–Crippen LogP) is 3.03. The molecule has 0 amide bonds. The van der Waals surface area contributed by atoms with E-state index in [-0.39, 0.29) is 12.4 Å². The SMILES string of the molecule is CNc1nc(C(F)F)nc2ccccc12.Cl. The van der Waals surface area contributed by atoms with E-state index in [1.807, 2.05) is 6.07 Å². The quantitative estimate of drug-likeness (QED) is 0.884. The molecule has 3 nitrogen and oxygen atoms in total. The Morgan fingerprint density at radius 3 is 2.50 bits per heavy atom. The number of rotatable bonds is 2. The molecular formula is C10H10ClF2N3. The number of hydrogen-bond acceptors (Lipinski definition) is 3. The third-order valence-electron chi connectivity index (χ3n) is 2.05. The number of benzene rings is 1. The van der Waals surface area contributed by atoms with Gasteiger partial charge in [-0.2, -0.15) is 0 Å². The van der Waals surface area contributed by atoms with Crippen LogP contribution in [0.4, 0.5) is 14.6 Å². The lowest BCUT2D eigenvalue weighted by Gasteiger charge is -2.06. The lowest BCUT2D eigenvalue weighted by Crippen LogP contribution is -2.01. The highest BCUT2D eigenvalue weighted by molar-refractivity contribution is 5.88. The van der Waals surface area contributed by atoms with Gasteiger partial charge in [-0.15, -0.1) is 12.4 Å². The normalized spacial score (nSPS) is 10.2. The second-order valence-corrected chi connectivity index (χ2v) is 3.00. The van der Waals surface area contributed by atoms with E-state index in [0.29, 0.717) is 11.3 Å². The first-order valence-electron chi connectivity index (χ1n) is 4.45.